The number of amides is 2. The van der Waals surface area contributed by atoms with E-state index in [1.165, 1.54) is 16.4 Å². The molecule has 1 aromatic carbocycles. The Balaban J connectivity index is 1.73. The van der Waals surface area contributed by atoms with Crippen LogP contribution in [0.25, 0.3) is 0 Å². The number of hydrogen-bond acceptors (Lipinski definition) is 6. The second-order valence-electron chi connectivity index (χ2n) is 9.12. The van der Waals surface area contributed by atoms with E-state index in [0.717, 1.165) is 0 Å². The number of hydrogen-bond donors (Lipinski definition) is 1. The number of imide groups is 1. The maximum Gasteiger partial charge on any atom is 0.524 e. The summed E-state index contributed by atoms with van der Waals surface area (Å²) in [7, 11) is -3.65. The molecule has 1 aromatic rings. The Bertz CT molecular complexity index is 913. The van der Waals surface area contributed by atoms with E-state index in [0.29, 0.717) is 44.0 Å². The molecule has 0 aliphatic carbocycles. The Morgan fingerprint density at radius 3 is 2.16 bits per heavy atom. The summed E-state index contributed by atoms with van der Waals surface area (Å²) in [6, 6.07) is 6.06. The second-order valence-corrected chi connectivity index (χ2v) is 11.5. The molecule has 3 rings (SSSR count). The number of nitrogens with zero attached hydrogens (tertiary/aromatic N) is 2. The van der Waals surface area contributed by atoms with Crippen LogP contribution in [-0.2, 0) is 19.6 Å². The van der Waals surface area contributed by atoms with Crippen LogP contribution >= 0.6 is 11.6 Å². The highest BCUT2D eigenvalue weighted by molar-refractivity contribution is 7.89. The monoisotopic (exact) mass is 472 g/mol. The van der Waals surface area contributed by atoms with E-state index in [2.05, 4.69) is 5.32 Å². The molecule has 0 unspecified atom stereocenters. The average molecular weight is 473 g/mol. The van der Waals surface area contributed by atoms with Crippen molar-refractivity contribution in [3.63, 3.8) is 0 Å². The molecule has 172 valence electrons. The molecule has 2 saturated heterocycles. The summed E-state index contributed by atoms with van der Waals surface area (Å²) in [6.45, 7) is 7.61. The smallest absolute Gasteiger partial charge is 0.414 e. The number of halogens is 1. The van der Waals surface area contributed by atoms with Crippen LogP contribution < -0.4 is 5.32 Å². The van der Waals surface area contributed by atoms with Crippen molar-refractivity contribution in [2.24, 2.45) is 5.92 Å². The predicted octanol–water partition coefficient (Wildman–Crippen LogP) is 2.62. The van der Waals surface area contributed by atoms with Crippen LogP contribution in [0.4, 0.5) is 4.79 Å². The normalized spacial score (nSPS) is 20.9. The summed E-state index contributed by atoms with van der Waals surface area (Å²) >= 11 is 5.86. The standard InChI is InChI=1S/C21H31ClN3O5S/c1-21(2,3)30-20(27)25(14-10-23-11-15-25)19(26)16-8-12-24(13-9-16)31(28,29)18-6-4-17(22)5-7-18/h4-7,16,23H,8-15H2,1-3H3/q+1. The summed E-state index contributed by atoms with van der Waals surface area (Å²) in [5, 5.41) is 3.66. The van der Waals surface area contributed by atoms with Gasteiger partial charge in [-0.25, -0.2) is 13.2 Å². The van der Waals surface area contributed by atoms with Gasteiger partial charge in [0.05, 0.1) is 10.8 Å². The maximum atomic E-state index is 13.5. The van der Waals surface area contributed by atoms with Gasteiger partial charge in [0.25, 0.3) is 0 Å². The predicted molar refractivity (Wildman–Crippen MR) is 117 cm³/mol. The number of quaternary nitrogens is 1. The van der Waals surface area contributed by atoms with E-state index in [4.69, 9.17) is 16.3 Å². The van der Waals surface area contributed by atoms with E-state index in [-0.39, 0.29) is 34.3 Å². The summed E-state index contributed by atoms with van der Waals surface area (Å²) < 4.78 is 32.5. The Morgan fingerprint density at radius 1 is 1.10 bits per heavy atom. The zero-order valence-corrected chi connectivity index (χ0v) is 19.8. The fraction of sp³-hybridized carbons (Fsp3) is 0.619. The van der Waals surface area contributed by atoms with Gasteiger partial charge < -0.3 is 10.1 Å². The molecule has 31 heavy (non-hydrogen) atoms. The highest BCUT2D eigenvalue weighted by Gasteiger charge is 2.52. The number of rotatable bonds is 3. The van der Waals surface area contributed by atoms with Crippen LogP contribution in [0.15, 0.2) is 29.2 Å². The molecule has 0 spiro atoms. The van der Waals surface area contributed by atoms with Crippen molar-refractivity contribution in [3.8, 4) is 0 Å². The first-order valence-corrected chi connectivity index (χ1v) is 12.4. The average Bonchev–Trinajstić information content (AvgIpc) is 2.73. The van der Waals surface area contributed by atoms with Crippen LogP contribution in [0.2, 0.25) is 5.02 Å². The number of sulfonamides is 1. The van der Waals surface area contributed by atoms with Crippen LogP contribution in [0.5, 0.6) is 0 Å². The minimum atomic E-state index is -3.65. The number of nitrogens with one attached hydrogen (secondary N) is 1. The molecule has 2 aliphatic heterocycles. The highest BCUT2D eigenvalue weighted by atomic mass is 35.5. The van der Waals surface area contributed by atoms with Gasteiger partial charge in [-0.3, -0.25) is 0 Å². The lowest BCUT2D eigenvalue weighted by molar-refractivity contribution is -0.788. The minimum Gasteiger partial charge on any atom is -0.414 e. The van der Waals surface area contributed by atoms with Crippen LogP contribution in [0.3, 0.4) is 0 Å². The zero-order valence-electron chi connectivity index (χ0n) is 18.3. The fourth-order valence-electron chi connectivity index (χ4n) is 4.07. The molecular formula is C21H31ClN3O5S+. The van der Waals surface area contributed by atoms with E-state index in [1.54, 1.807) is 32.9 Å². The largest absolute Gasteiger partial charge is 0.524 e. The number of piperidine rings is 1. The van der Waals surface area contributed by atoms with Gasteiger partial charge in [-0.05, 0) is 57.9 Å². The highest BCUT2D eigenvalue weighted by Crippen LogP contribution is 2.29. The molecule has 1 N–H and O–H groups in total. The third-order valence-electron chi connectivity index (χ3n) is 5.76. The maximum absolute atomic E-state index is 13.5. The number of piperazine rings is 1. The Kier molecular flexibility index (Phi) is 7.12. The number of carbonyl (C=O) groups excluding carboxylic acids is 2. The van der Waals surface area contributed by atoms with E-state index < -0.39 is 21.7 Å². The van der Waals surface area contributed by atoms with Gasteiger partial charge in [-0.2, -0.15) is 13.6 Å². The molecule has 8 nitrogen and oxygen atoms in total. The third-order valence-corrected chi connectivity index (χ3v) is 7.92. The van der Waals surface area contributed by atoms with Crippen molar-refractivity contribution < 1.29 is 27.2 Å². The van der Waals surface area contributed by atoms with E-state index in [1.807, 2.05) is 0 Å². The SMILES string of the molecule is CC(C)(C)OC(=O)[N+]1(C(=O)C2CCN(S(=O)(=O)c3ccc(Cl)cc3)CC2)CCNCC1. The Morgan fingerprint density at radius 2 is 1.65 bits per heavy atom. The zero-order chi connectivity index (χ0) is 22.9. The van der Waals surface area contributed by atoms with Gasteiger partial charge in [-0.15, -0.1) is 0 Å². The molecule has 0 atom stereocenters. The van der Waals surface area contributed by atoms with Gasteiger partial charge in [0.15, 0.2) is 0 Å². The van der Waals surface area contributed by atoms with Crippen molar-refractivity contribution in [1.29, 1.82) is 0 Å². The molecule has 0 radical (unpaired) electrons. The molecule has 2 fully saturated rings. The lowest BCUT2D eigenvalue weighted by Crippen LogP contribution is -2.67. The van der Waals surface area contributed by atoms with Crippen molar-refractivity contribution in [2.75, 3.05) is 39.3 Å². The van der Waals surface area contributed by atoms with E-state index >= 15 is 0 Å². The first kappa shape index (κ1) is 24.1. The Hall–Kier alpha value is -1.52. The fourth-order valence-corrected chi connectivity index (χ4v) is 5.66. The van der Waals surface area contributed by atoms with Crippen molar-refractivity contribution in [3.05, 3.63) is 29.3 Å². The van der Waals surface area contributed by atoms with Gasteiger partial charge in [0.2, 0.25) is 10.0 Å². The van der Waals surface area contributed by atoms with Crippen LogP contribution in [-0.4, -0.2) is 74.1 Å². The molecule has 0 saturated carbocycles. The summed E-state index contributed by atoms with van der Waals surface area (Å²) in [5.41, 5.74) is -0.691. The molecular weight excluding hydrogens is 442 g/mol. The van der Waals surface area contributed by atoms with Gasteiger partial charge in [-0.1, -0.05) is 11.6 Å². The summed E-state index contributed by atoms with van der Waals surface area (Å²) in [6.07, 6.45) is 0.235. The molecule has 2 amide bonds. The lowest BCUT2D eigenvalue weighted by Gasteiger charge is -2.40. The third kappa shape index (κ3) is 5.28. The summed E-state index contributed by atoms with van der Waals surface area (Å²) in [5.74, 6) is -0.554. The number of ether oxygens (including phenoxy) is 1. The first-order chi connectivity index (χ1) is 14.5. The Labute approximate surface area is 189 Å². The topological polar surface area (TPSA) is 92.8 Å². The molecule has 2 heterocycles. The van der Waals surface area contributed by atoms with E-state index in [9.17, 15) is 18.0 Å². The molecule has 0 aromatic heterocycles. The molecule has 10 heteroatoms. The van der Waals surface area contributed by atoms with Gasteiger partial charge >= 0.3 is 12.0 Å². The van der Waals surface area contributed by atoms with Crippen molar-refractivity contribution in [2.45, 2.75) is 44.1 Å². The van der Waals surface area contributed by atoms with Crippen LogP contribution in [0.1, 0.15) is 33.6 Å². The van der Waals surface area contributed by atoms with Crippen molar-refractivity contribution >= 4 is 33.6 Å². The lowest BCUT2D eigenvalue weighted by atomic mass is 9.95. The molecule has 2 aliphatic rings. The van der Waals surface area contributed by atoms with Crippen LogP contribution in [0, 0.1) is 5.92 Å². The first-order valence-electron chi connectivity index (χ1n) is 10.6. The summed E-state index contributed by atoms with van der Waals surface area (Å²) in [4.78, 5) is 26.7. The van der Waals surface area contributed by atoms with Crippen molar-refractivity contribution in [1.82, 2.24) is 9.62 Å². The van der Waals surface area contributed by atoms with Gasteiger partial charge in [0, 0.05) is 31.2 Å². The number of benzene rings is 1. The number of carbonyl (C=O) groups is 2. The van der Waals surface area contributed by atoms with Gasteiger partial charge in [0.1, 0.15) is 18.7 Å². The quantitative estimate of drug-likeness (QED) is 0.680. The molecule has 0 bridgehead atoms. The minimum absolute atomic E-state index is 0.167. The second kappa shape index (κ2) is 9.15.